The van der Waals surface area contributed by atoms with Crippen LogP contribution in [0.25, 0.3) is 22.2 Å². The number of rotatable bonds is 2. The first kappa shape index (κ1) is 12.9. The molecule has 0 radical (unpaired) electrons. The number of H-pyrrole nitrogens is 1. The molecule has 1 aliphatic heterocycles. The Morgan fingerprint density at radius 1 is 1.14 bits per heavy atom. The van der Waals surface area contributed by atoms with Crippen LogP contribution in [0.2, 0.25) is 0 Å². The molecule has 3 heterocycles. The quantitative estimate of drug-likeness (QED) is 0.750. The van der Waals surface area contributed by atoms with Gasteiger partial charge in [-0.2, -0.15) is 0 Å². The molecule has 108 valence electrons. The summed E-state index contributed by atoms with van der Waals surface area (Å²) in [5, 5.41) is 2.45. The Labute approximate surface area is 128 Å². The Bertz CT molecular complexity index is 765. The van der Waals surface area contributed by atoms with Gasteiger partial charge < -0.3 is 9.88 Å². The summed E-state index contributed by atoms with van der Waals surface area (Å²) in [6, 6.07) is 8.44. The van der Waals surface area contributed by atoms with Crippen molar-refractivity contribution in [1.29, 1.82) is 0 Å². The molecule has 21 heavy (non-hydrogen) atoms. The van der Waals surface area contributed by atoms with Crippen LogP contribution in [0, 0.1) is 6.92 Å². The maximum atomic E-state index is 4.95. The number of hydrogen-bond donors (Lipinski definition) is 1. The Hall–Kier alpha value is -1.81. The molecule has 2 aromatic heterocycles. The van der Waals surface area contributed by atoms with Gasteiger partial charge in [0.15, 0.2) is 5.13 Å². The molecule has 1 aliphatic rings. The first-order valence-corrected chi connectivity index (χ1v) is 8.43. The monoisotopic (exact) mass is 297 g/mol. The van der Waals surface area contributed by atoms with Crippen molar-refractivity contribution in [2.45, 2.75) is 26.2 Å². The molecule has 0 aliphatic carbocycles. The number of hydrogen-bond acceptors (Lipinski definition) is 3. The summed E-state index contributed by atoms with van der Waals surface area (Å²) >= 11 is 1.83. The zero-order valence-electron chi connectivity index (χ0n) is 12.2. The van der Waals surface area contributed by atoms with E-state index in [0.717, 1.165) is 18.8 Å². The number of benzene rings is 1. The minimum absolute atomic E-state index is 1.14. The first-order chi connectivity index (χ1) is 10.3. The summed E-state index contributed by atoms with van der Waals surface area (Å²) in [4.78, 5) is 12.1. The van der Waals surface area contributed by atoms with E-state index >= 15 is 0 Å². The summed E-state index contributed by atoms with van der Waals surface area (Å²) in [5.41, 5.74) is 3.54. The van der Waals surface area contributed by atoms with Gasteiger partial charge >= 0.3 is 0 Å². The molecule has 3 aromatic rings. The van der Waals surface area contributed by atoms with E-state index in [1.165, 1.54) is 45.7 Å². The summed E-state index contributed by atoms with van der Waals surface area (Å²) in [6.45, 7) is 4.49. The van der Waals surface area contributed by atoms with Gasteiger partial charge in [-0.05, 0) is 32.3 Å². The van der Waals surface area contributed by atoms with Crippen LogP contribution in [0.5, 0.6) is 0 Å². The second kappa shape index (κ2) is 5.19. The van der Waals surface area contributed by atoms with Crippen LogP contribution >= 0.6 is 11.3 Å². The number of aromatic nitrogens is 2. The molecule has 4 heteroatoms. The molecule has 1 aromatic carbocycles. The van der Waals surface area contributed by atoms with E-state index < -0.39 is 0 Å². The van der Waals surface area contributed by atoms with Crippen molar-refractivity contribution >= 4 is 27.4 Å². The van der Waals surface area contributed by atoms with Crippen molar-refractivity contribution in [2.75, 3.05) is 18.0 Å². The second-order valence-corrected chi connectivity index (χ2v) is 6.88. The van der Waals surface area contributed by atoms with Gasteiger partial charge in [-0.25, -0.2) is 4.98 Å². The van der Waals surface area contributed by atoms with Gasteiger partial charge in [0, 0.05) is 40.6 Å². The number of thiazole rings is 1. The Morgan fingerprint density at radius 2 is 1.95 bits per heavy atom. The second-order valence-electron chi connectivity index (χ2n) is 5.70. The normalized spacial score (nSPS) is 15.8. The van der Waals surface area contributed by atoms with Crippen molar-refractivity contribution in [3.8, 4) is 11.3 Å². The zero-order valence-corrected chi connectivity index (χ0v) is 13.0. The SMILES string of the molecule is Cc1sc(N2CCCCC2)nc1-c1c[nH]c2ccccc12. The molecular weight excluding hydrogens is 278 g/mol. The van der Waals surface area contributed by atoms with E-state index in [4.69, 9.17) is 4.98 Å². The summed E-state index contributed by atoms with van der Waals surface area (Å²) in [7, 11) is 0. The number of nitrogens with zero attached hydrogens (tertiary/aromatic N) is 2. The average molecular weight is 297 g/mol. The molecule has 0 bridgehead atoms. The molecule has 0 atom stereocenters. The molecule has 3 nitrogen and oxygen atoms in total. The van der Waals surface area contributed by atoms with E-state index in [-0.39, 0.29) is 0 Å². The van der Waals surface area contributed by atoms with Crippen LogP contribution in [0.1, 0.15) is 24.1 Å². The van der Waals surface area contributed by atoms with Gasteiger partial charge in [0.05, 0.1) is 5.69 Å². The van der Waals surface area contributed by atoms with E-state index in [2.05, 4.69) is 47.3 Å². The highest BCUT2D eigenvalue weighted by Gasteiger charge is 2.18. The smallest absolute Gasteiger partial charge is 0.186 e. The van der Waals surface area contributed by atoms with Crippen LogP contribution in [0.15, 0.2) is 30.5 Å². The lowest BCUT2D eigenvalue weighted by atomic mass is 10.1. The van der Waals surface area contributed by atoms with Gasteiger partial charge in [0.2, 0.25) is 0 Å². The maximum absolute atomic E-state index is 4.95. The standard InChI is InChI=1S/C17H19N3S/c1-12-16(14-11-18-15-8-4-3-7-13(14)15)19-17(21-12)20-9-5-2-6-10-20/h3-4,7-8,11,18H,2,5-6,9-10H2,1H3. The Balaban J connectivity index is 1.76. The van der Waals surface area contributed by atoms with Crippen LogP contribution in [-0.2, 0) is 0 Å². The number of piperidine rings is 1. The molecule has 0 saturated carbocycles. The van der Waals surface area contributed by atoms with E-state index in [9.17, 15) is 0 Å². The highest BCUT2D eigenvalue weighted by atomic mass is 32.1. The van der Waals surface area contributed by atoms with Gasteiger partial charge in [0.1, 0.15) is 0 Å². The molecular formula is C17H19N3S. The van der Waals surface area contributed by atoms with Gasteiger partial charge in [-0.1, -0.05) is 18.2 Å². The lowest BCUT2D eigenvalue weighted by molar-refractivity contribution is 0.577. The Kier molecular flexibility index (Phi) is 3.19. The van der Waals surface area contributed by atoms with Crippen LogP contribution in [-0.4, -0.2) is 23.1 Å². The maximum Gasteiger partial charge on any atom is 0.186 e. The average Bonchev–Trinajstić information content (AvgIpc) is 3.11. The third kappa shape index (κ3) is 2.23. The predicted molar refractivity (Wildman–Crippen MR) is 90.2 cm³/mol. The fourth-order valence-corrected chi connectivity index (χ4v) is 4.09. The van der Waals surface area contributed by atoms with Gasteiger partial charge in [0.25, 0.3) is 0 Å². The molecule has 0 spiro atoms. The van der Waals surface area contributed by atoms with E-state index in [0.29, 0.717) is 0 Å². The number of para-hydroxylation sites is 1. The molecule has 1 N–H and O–H groups in total. The summed E-state index contributed by atoms with van der Waals surface area (Å²) in [6.07, 6.45) is 6.03. The van der Waals surface area contributed by atoms with Crippen molar-refractivity contribution < 1.29 is 0 Å². The van der Waals surface area contributed by atoms with Crippen molar-refractivity contribution in [3.05, 3.63) is 35.3 Å². The van der Waals surface area contributed by atoms with Crippen LogP contribution in [0.3, 0.4) is 0 Å². The molecule has 4 rings (SSSR count). The molecule has 0 amide bonds. The summed E-state index contributed by atoms with van der Waals surface area (Å²) in [5.74, 6) is 0. The number of nitrogens with one attached hydrogen (secondary N) is 1. The van der Waals surface area contributed by atoms with Gasteiger partial charge in [-0.3, -0.25) is 0 Å². The van der Waals surface area contributed by atoms with E-state index in [1.807, 2.05) is 11.3 Å². The number of fused-ring (bicyclic) bond motifs is 1. The lowest BCUT2D eigenvalue weighted by Crippen LogP contribution is -2.29. The minimum atomic E-state index is 1.14. The fraction of sp³-hybridized carbons (Fsp3) is 0.353. The minimum Gasteiger partial charge on any atom is -0.360 e. The fourth-order valence-electron chi connectivity index (χ4n) is 3.12. The van der Waals surface area contributed by atoms with Crippen molar-refractivity contribution in [2.24, 2.45) is 0 Å². The number of aromatic amines is 1. The zero-order chi connectivity index (χ0) is 14.2. The molecule has 1 fully saturated rings. The lowest BCUT2D eigenvalue weighted by Gasteiger charge is -2.25. The van der Waals surface area contributed by atoms with Crippen molar-refractivity contribution in [1.82, 2.24) is 9.97 Å². The van der Waals surface area contributed by atoms with E-state index in [1.54, 1.807) is 0 Å². The highest BCUT2D eigenvalue weighted by Crippen LogP contribution is 2.36. The molecule has 0 unspecified atom stereocenters. The third-order valence-electron chi connectivity index (χ3n) is 4.26. The third-order valence-corrected chi connectivity index (χ3v) is 5.29. The summed E-state index contributed by atoms with van der Waals surface area (Å²) < 4.78 is 0. The number of aryl methyl sites for hydroxylation is 1. The first-order valence-electron chi connectivity index (χ1n) is 7.62. The Morgan fingerprint density at radius 3 is 2.81 bits per heavy atom. The van der Waals surface area contributed by atoms with Crippen LogP contribution in [0.4, 0.5) is 5.13 Å². The molecule has 1 saturated heterocycles. The van der Waals surface area contributed by atoms with Crippen LogP contribution < -0.4 is 4.90 Å². The largest absolute Gasteiger partial charge is 0.360 e. The van der Waals surface area contributed by atoms with Crippen molar-refractivity contribution in [3.63, 3.8) is 0 Å². The van der Waals surface area contributed by atoms with Gasteiger partial charge in [-0.15, -0.1) is 11.3 Å². The predicted octanol–water partition coefficient (Wildman–Crippen LogP) is 4.59. The highest BCUT2D eigenvalue weighted by molar-refractivity contribution is 7.16. The topological polar surface area (TPSA) is 31.9 Å². The number of anilines is 1.